The zero-order chi connectivity index (χ0) is 21.2. The molecule has 0 saturated heterocycles. The minimum atomic E-state index is -3.77. The van der Waals surface area contributed by atoms with Gasteiger partial charge in [0, 0.05) is 23.3 Å². The smallest absolute Gasteiger partial charge is 0.261 e. The third-order valence-corrected chi connectivity index (χ3v) is 6.12. The average Bonchev–Trinajstić information content (AvgIpc) is 3.11. The van der Waals surface area contributed by atoms with Gasteiger partial charge in [-0.05, 0) is 48.4 Å². The second-order valence-corrected chi connectivity index (χ2v) is 9.98. The number of hydrogen-bond donors (Lipinski definition) is 2. The summed E-state index contributed by atoms with van der Waals surface area (Å²) < 4.78 is 30.2. The van der Waals surface area contributed by atoms with E-state index in [0.717, 1.165) is 11.1 Å². The number of nitrogens with zero attached hydrogens (tertiary/aromatic N) is 2. The molecule has 6 nitrogen and oxygen atoms in total. The lowest BCUT2D eigenvalue weighted by Crippen LogP contribution is -2.16. The molecule has 2 aromatic carbocycles. The highest BCUT2D eigenvalue weighted by Crippen LogP contribution is 2.28. The number of halogens is 1. The Hall–Kier alpha value is -2.35. The minimum absolute atomic E-state index is 0.0514. The largest absolute Gasteiger partial charge is 0.316 e. The van der Waals surface area contributed by atoms with Crippen LogP contribution in [-0.2, 0) is 22.0 Å². The molecule has 154 valence electrons. The first kappa shape index (κ1) is 21.4. The lowest BCUT2D eigenvalue weighted by Gasteiger charge is -2.19. The Kier molecular flexibility index (Phi) is 6.03. The number of nitrogens with one attached hydrogen (secondary N) is 2. The van der Waals surface area contributed by atoms with Crippen LogP contribution < -0.4 is 10.0 Å². The van der Waals surface area contributed by atoms with Gasteiger partial charge in [-0.3, -0.25) is 4.72 Å². The van der Waals surface area contributed by atoms with Crippen LogP contribution in [0.2, 0.25) is 5.02 Å². The summed E-state index contributed by atoms with van der Waals surface area (Å²) in [7, 11) is -1.92. The molecule has 8 heteroatoms. The molecule has 0 bridgehead atoms. The first-order valence-corrected chi connectivity index (χ1v) is 11.1. The normalized spacial score (nSPS) is 12.2. The number of benzene rings is 2. The van der Waals surface area contributed by atoms with Gasteiger partial charge in [-0.25, -0.2) is 13.1 Å². The first-order valence-electron chi connectivity index (χ1n) is 9.21. The maximum atomic E-state index is 13.0. The van der Waals surface area contributed by atoms with Crippen LogP contribution in [0.3, 0.4) is 0 Å². The molecule has 29 heavy (non-hydrogen) atoms. The van der Waals surface area contributed by atoms with Gasteiger partial charge in [0.1, 0.15) is 0 Å². The SMILES string of the molecule is CNCc1cnn(-c2cc(Cl)ccc2NS(=O)(=O)c2ccc(C(C)(C)C)cc2)c1. The van der Waals surface area contributed by atoms with Gasteiger partial charge in [0.2, 0.25) is 0 Å². The van der Waals surface area contributed by atoms with Gasteiger partial charge in [0.25, 0.3) is 10.0 Å². The van der Waals surface area contributed by atoms with Crippen molar-refractivity contribution >= 4 is 27.3 Å². The summed E-state index contributed by atoms with van der Waals surface area (Å²) in [5.41, 5.74) is 2.93. The Bertz CT molecular complexity index is 1100. The number of aromatic nitrogens is 2. The van der Waals surface area contributed by atoms with Crippen LogP contribution in [-0.4, -0.2) is 25.2 Å². The van der Waals surface area contributed by atoms with Crippen LogP contribution in [0.15, 0.2) is 59.8 Å². The maximum Gasteiger partial charge on any atom is 0.261 e. The molecule has 0 aliphatic rings. The first-order chi connectivity index (χ1) is 13.6. The summed E-state index contributed by atoms with van der Waals surface area (Å²) in [5, 5.41) is 7.88. The van der Waals surface area contributed by atoms with E-state index < -0.39 is 10.0 Å². The number of hydrogen-bond acceptors (Lipinski definition) is 4. The van der Waals surface area contributed by atoms with E-state index in [4.69, 9.17) is 11.6 Å². The molecular weight excluding hydrogens is 408 g/mol. The van der Waals surface area contributed by atoms with Crippen molar-refractivity contribution in [1.82, 2.24) is 15.1 Å². The molecule has 0 radical (unpaired) electrons. The summed E-state index contributed by atoms with van der Waals surface area (Å²) in [5.74, 6) is 0. The molecule has 0 spiro atoms. The number of rotatable bonds is 6. The highest BCUT2D eigenvalue weighted by Gasteiger charge is 2.19. The van der Waals surface area contributed by atoms with E-state index in [-0.39, 0.29) is 10.3 Å². The van der Waals surface area contributed by atoms with E-state index in [1.54, 1.807) is 41.2 Å². The monoisotopic (exact) mass is 432 g/mol. The van der Waals surface area contributed by atoms with Crippen molar-refractivity contribution in [3.8, 4) is 5.69 Å². The van der Waals surface area contributed by atoms with Crippen molar-refractivity contribution in [1.29, 1.82) is 0 Å². The molecule has 0 amide bonds. The second-order valence-electron chi connectivity index (χ2n) is 7.86. The Morgan fingerprint density at radius 2 is 1.79 bits per heavy atom. The molecule has 1 heterocycles. The Morgan fingerprint density at radius 1 is 1.10 bits per heavy atom. The van der Waals surface area contributed by atoms with E-state index >= 15 is 0 Å². The number of anilines is 1. The Morgan fingerprint density at radius 3 is 2.41 bits per heavy atom. The zero-order valence-electron chi connectivity index (χ0n) is 16.9. The summed E-state index contributed by atoms with van der Waals surface area (Å²) in [6.45, 7) is 6.91. The van der Waals surface area contributed by atoms with Crippen LogP contribution >= 0.6 is 11.6 Å². The van der Waals surface area contributed by atoms with Crippen LogP contribution in [0.25, 0.3) is 5.69 Å². The molecule has 3 aromatic rings. The van der Waals surface area contributed by atoms with Crippen molar-refractivity contribution in [3.05, 3.63) is 71.0 Å². The van der Waals surface area contributed by atoms with Crippen molar-refractivity contribution < 1.29 is 8.42 Å². The third kappa shape index (κ3) is 4.98. The van der Waals surface area contributed by atoms with Crippen molar-refractivity contribution in [2.75, 3.05) is 11.8 Å². The van der Waals surface area contributed by atoms with E-state index in [9.17, 15) is 8.42 Å². The van der Waals surface area contributed by atoms with Gasteiger partial charge >= 0.3 is 0 Å². The average molecular weight is 433 g/mol. The molecule has 0 aliphatic carbocycles. The van der Waals surface area contributed by atoms with Crippen LogP contribution in [0.1, 0.15) is 31.9 Å². The molecule has 3 rings (SSSR count). The molecule has 0 atom stereocenters. The summed E-state index contributed by atoms with van der Waals surface area (Å²) in [6, 6.07) is 11.9. The van der Waals surface area contributed by atoms with Crippen LogP contribution in [0.5, 0.6) is 0 Å². The fourth-order valence-electron chi connectivity index (χ4n) is 2.91. The van der Waals surface area contributed by atoms with Crippen molar-refractivity contribution in [2.24, 2.45) is 0 Å². The Labute approximate surface area is 177 Å². The summed E-state index contributed by atoms with van der Waals surface area (Å²) in [4.78, 5) is 0.197. The molecule has 1 aromatic heterocycles. The zero-order valence-corrected chi connectivity index (χ0v) is 18.5. The molecule has 0 aliphatic heterocycles. The van der Waals surface area contributed by atoms with Gasteiger partial charge in [-0.15, -0.1) is 0 Å². The molecule has 0 unspecified atom stereocenters. The van der Waals surface area contributed by atoms with Gasteiger partial charge < -0.3 is 5.32 Å². The highest BCUT2D eigenvalue weighted by molar-refractivity contribution is 7.92. The highest BCUT2D eigenvalue weighted by atomic mass is 35.5. The van der Waals surface area contributed by atoms with Crippen molar-refractivity contribution in [3.63, 3.8) is 0 Å². The Balaban J connectivity index is 1.94. The standard InChI is InChI=1S/C21H25ClN4O2S/c1-21(2,3)16-5-8-18(9-6-16)29(27,28)25-19-10-7-17(22)11-20(19)26-14-15(12-23-4)13-24-26/h5-11,13-14,23,25H,12H2,1-4H3. The minimum Gasteiger partial charge on any atom is -0.316 e. The topological polar surface area (TPSA) is 76.0 Å². The summed E-state index contributed by atoms with van der Waals surface area (Å²) >= 11 is 6.15. The van der Waals surface area contributed by atoms with E-state index in [0.29, 0.717) is 22.9 Å². The van der Waals surface area contributed by atoms with Crippen LogP contribution in [0.4, 0.5) is 5.69 Å². The van der Waals surface area contributed by atoms with Gasteiger partial charge in [-0.1, -0.05) is 44.5 Å². The summed E-state index contributed by atoms with van der Waals surface area (Å²) in [6.07, 6.45) is 3.55. The molecule has 2 N–H and O–H groups in total. The van der Waals surface area contributed by atoms with E-state index in [2.05, 4.69) is 35.9 Å². The van der Waals surface area contributed by atoms with Crippen LogP contribution in [0, 0.1) is 0 Å². The van der Waals surface area contributed by atoms with E-state index in [1.165, 1.54) is 0 Å². The second kappa shape index (κ2) is 8.18. The predicted molar refractivity (Wildman–Crippen MR) is 117 cm³/mol. The van der Waals surface area contributed by atoms with E-state index in [1.807, 2.05) is 25.4 Å². The van der Waals surface area contributed by atoms with Gasteiger partial charge in [0.05, 0.1) is 22.5 Å². The lowest BCUT2D eigenvalue weighted by molar-refractivity contribution is 0.587. The maximum absolute atomic E-state index is 13.0. The van der Waals surface area contributed by atoms with Crippen molar-refractivity contribution in [2.45, 2.75) is 37.6 Å². The lowest BCUT2D eigenvalue weighted by atomic mass is 9.87. The fourth-order valence-corrected chi connectivity index (χ4v) is 4.15. The quantitative estimate of drug-likeness (QED) is 0.607. The third-order valence-electron chi connectivity index (χ3n) is 4.50. The molecule has 0 fully saturated rings. The number of sulfonamides is 1. The predicted octanol–water partition coefficient (Wildman–Crippen LogP) is 4.34. The van der Waals surface area contributed by atoms with Gasteiger partial charge in [-0.2, -0.15) is 5.10 Å². The van der Waals surface area contributed by atoms with Gasteiger partial charge in [0.15, 0.2) is 0 Å². The molecular formula is C21H25ClN4O2S. The molecule has 0 saturated carbocycles. The fraction of sp³-hybridized carbons (Fsp3) is 0.286.